The van der Waals surface area contributed by atoms with Crippen LogP contribution in [-0.2, 0) is 16.0 Å². The zero-order valence-electron chi connectivity index (χ0n) is 15.7. The Balaban J connectivity index is 1.61. The van der Waals surface area contributed by atoms with Gasteiger partial charge < -0.3 is 15.2 Å². The van der Waals surface area contributed by atoms with E-state index >= 15 is 0 Å². The van der Waals surface area contributed by atoms with Gasteiger partial charge in [0.05, 0.1) is 6.42 Å². The molecule has 0 aliphatic heterocycles. The number of carbonyl (C=O) groups excluding carboxylic acids is 1. The van der Waals surface area contributed by atoms with Gasteiger partial charge in [-0.25, -0.2) is 4.79 Å². The Morgan fingerprint density at radius 1 is 1.04 bits per heavy atom. The zero-order chi connectivity index (χ0) is 19.4. The van der Waals surface area contributed by atoms with Crippen LogP contribution in [0.2, 0.25) is 0 Å². The Bertz CT molecular complexity index is 816. The molecule has 0 atom stereocenters. The summed E-state index contributed by atoms with van der Waals surface area (Å²) in [4.78, 5) is 23.9. The largest absolute Gasteiger partial charge is 0.478 e. The summed E-state index contributed by atoms with van der Waals surface area (Å²) in [5.74, 6) is -0.471. The summed E-state index contributed by atoms with van der Waals surface area (Å²) in [5.41, 5.74) is 2.74. The number of benzene rings is 2. The van der Waals surface area contributed by atoms with Gasteiger partial charge in [0.25, 0.3) is 0 Å². The highest BCUT2D eigenvalue weighted by Crippen LogP contribution is 2.34. The fourth-order valence-corrected chi connectivity index (χ4v) is 3.64. The van der Waals surface area contributed by atoms with Crippen molar-refractivity contribution in [3.63, 3.8) is 0 Å². The number of hydrogen-bond donors (Lipinski definition) is 2. The Hall–Kier alpha value is -2.82. The number of ether oxygens (including phenoxy) is 1. The van der Waals surface area contributed by atoms with Crippen molar-refractivity contribution < 1.29 is 19.4 Å². The van der Waals surface area contributed by atoms with Gasteiger partial charge in [-0.05, 0) is 80.5 Å². The van der Waals surface area contributed by atoms with Gasteiger partial charge in [-0.2, -0.15) is 0 Å². The molecule has 27 heavy (non-hydrogen) atoms. The van der Waals surface area contributed by atoms with Gasteiger partial charge in [-0.3, -0.25) is 4.79 Å². The number of amides is 1. The highest BCUT2D eigenvalue weighted by Gasteiger charge is 2.43. The molecule has 3 rings (SSSR count). The average molecular weight is 367 g/mol. The number of anilines is 1. The second-order valence-electron chi connectivity index (χ2n) is 7.35. The van der Waals surface area contributed by atoms with Crippen molar-refractivity contribution in [2.45, 2.75) is 51.6 Å². The number of nitrogens with one attached hydrogen (secondary N) is 1. The van der Waals surface area contributed by atoms with Crippen LogP contribution in [0.1, 0.15) is 42.4 Å². The van der Waals surface area contributed by atoms with Crippen LogP contribution in [0.4, 0.5) is 5.69 Å². The molecule has 1 aliphatic carbocycles. The predicted molar refractivity (Wildman–Crippen MR) is 104 cm³/mol. The number of aryl methyl sites for hydroxylation is 2. The summed E-state index contributed by atoms with van der Waals surface area (Å²) in [5, 5.41) is 12.4. The molecule has 1 fully saturated rings. The molecule has 2 aromatic carbocycles. The number of carboxylic acid groups (broad SMARTS) is 1. The molecule has 142 valence electrons. The van der Waals surface area contributed by atoms with Crippen LogP contribution in [0.3, 0.4) is 0 Å². The summed E-state index contributed by atoms with van der Waals surface area (Å²) < 4.78 is 5.81. The maximum Gasteiger partial charge on any atom is 0.348 e. The molecular formula is C22H25NO4. The van der Waals surface area contributed by atoms with Crippen LogP contribution in [-0.4, -0.2) is 22.6 Å². The van der Waals surface area contributed by atoms with E-state index in [1.807, 2.05) is 26.0 Å². The Morgan fingerprint density at radius 2 is 1.63 bits per heavy atom. The number of hydrogen-bond acceptors (Lipinski definition) is 3. The third-order valence-corrected chi connectivity index (χ3v) is 4.91. The van der Waals surface area contributed by atoms with Gasteiger partial charge in [0.2, 0.25) is 11.5 Å². The van der Waals surface area contributed by atoms with Crippen LogP contribution < -0.4 is 10.1 Å². The molecule has 0 saturated heterocycles. The van der Waals surface area contributed by atoms with Crippen molar-refractivity contribution in [3.05, 3.63) is 59.2 Å². The number of carbonyl (C=O) groups is 2. The van der Waals surface area contributed by atoms with Crippen molar-refractivity contribution >= 4 is 17.6 Å². The summed E-state index contributed by atoms with van der Waals surface area (Å²) in [6, 6.07) is 13.0. The fourth-order valence-electron chi connectivity index (χ4n) is 3.64. The van der Waals surface area contributed by atoms with E-state index in [0.717, 1.165) is 35.2 Å². The first-order valence-electron chi connectivity index (χ1n) is 9.26. The summed E-state index contributed by atoms with van der Waals surface area (Å²) >= 11 is 0. The summed E-state index contributed by atoms with van der Waals surface area (Å²) in [6.07, 6.45) is 3.04. The van der Waals surface area contributed by atoms with Gasteiger partial charge in [0.1, 0.15) is 5.75 Å². The first kappa shape index (κ1) is 19.0. The minimum Gasteiger partial charge on any atom is -0.478 e. The molecule has 0 unspecified atom stereocenters. The zero-order valence-corrected chi connectivity index (χ0v) is 15.7. The Kier molecular flexibility index (Phi) is 5.49. The van der Waals surface area contributed by atoms with Gasteiger partial charge >= 0.3 is 5.97 Å². The van der Waals surface area contributed by atoms with Crippen LogP contribution in [0.15, 0.2) is 42.5 Å². The van der Waals surface area contributed by atoms with Crippen molar-refractivity contribution in [1.29, 1.82) is 0 Å². The highest BCUT2D eigenvalue weighted by atomic mass is 16.5. The maximum absolute atomic E-state index is 12.3. The molecule has 1 saturated carbocycles. The van der Waals surface area contributed by atoms with E-state index in [9.17, 15) is 14.7 Å². The average Bonchev–Trinajstić information content (AvgIpc) is 3.05. The van der Waals surface area contributed by atoms with Crippen molar-refractivity contribution in [3.8, 4) is 5.75 Å². The molecule has 2 N–H and O–H groups in total. The lowest BCUT2D eigenvalue weighted by Gasteiger charge is -2.25. The number of aliphatic carboxylic acids is 1. The molecule has 2 aromatic rings. The molecule has 5 heteroatoms. The van der Waals surface area contributed by atoms with E-state index < -0.39 is 11.6 Å². The van der Waals surface area contributed by atoms with E-state index in [1.54, 1.807) is 24.3 Å². The smallest absolute Gasteiger partial charge is 0.348 e. The van der Waals surface area contributed by atoms with Crippen LogP contribution >= 0.6 is 0 Å². The standard InChI is InChI=1S/C22H25NO4/c1-15-11-16(2)13-18(12-15)23-20(24)14-17-5-7-19(8-6-17)27-22(21(25)26)9-3-4-10-22/h5-8,11-13H,3-4,9-10,14H2,1-2H3,(H,23,24)(H,25,26). The highest BCUT2D eigenvalue weighted by molar-refractivity contribution is 5.92. The van der Waals surface area contributed by atoms with Crippen LogP contribution in [0.5, 0.6) is 5.75 Å². The van der Waals surface area contributed by atoms with E-state index in [-0.39, 0.29) is 12.3 Å². The van der Waals surface area contributed by atoms with Crippen molar-refractivity contribution in [2.75, 3.05) is 5.32 Å². The van der Waals surface area contributed by atoms with Crippen molar-refractivity contribution in [2.24, 2.45) is 0 Å². The minimum atomic E-state index is -1.11. The normalized spacial score (nSPS) is 15.3. The quantitative estimate of drug-likeness (QED) is 0.800. The van der Waals surface area contributed by atoms with E-state index in [2.05, 4.69) is 11.4 Å². The van der Waals surface area contributed by atoms with E-state index in [4.69, 9.17) is 4.74 Å². The molecule has 1 amide bonds. The maximum atomic E-state index is 12.3. The van der Waals surface area contributed by atoms with Gasteiger partial charge in [-0.15, -0.1) is 0 Å². The molecular weight excluding hydrogens is 342 g/mol. The van der Waals surface area contributed by atoms with Gasteiger partial charge in [0, 0.05) is 5.69 Å². The molecule has 0 spiro atoms. The Morgan fingerprint density at radius 3 is 2.19 bits per heavy atom. The molecule has 0 aromatic heterocycles. The number of rotatable bonds is 6. The lowest BCUT2D eigenvalue weighted by Crippen LogP contribution is -2.41. The summed E-state index contributed by atoms with van der Waals surface area (Å²) in [6.45, 7) is 3.99. The lowest BCUT2D eigenvalue weighted by molar-refractivity contribution is -0.154. The first-order valence-corrected chi connectivity index (χ1v) is 9.26. The SMILES string of the molecule is Cc1cc(C)cc(NC(=O)Cc2ccc(OC3(C(=O)O)CCCC3)cc2)c1. The predicted octanol–water partition coefficient (Wildman–Crippen LogP) is 4.26. The van der Waals surface area contributed by atoms with Gasteiger partial charge in [0.15, 0.2) is 0 Å². The Labute approximate surface area is 159 Å². The third kappa shape index (κ3) is 4.67. The molecule has 1 aliphatic rings. The first-order chi connectivity index (χ1) is 12.9. The van der Waals surface area contributed by atoms with Crippen LogP contribution in [0.25, 0.3) is 0 Å². The van der Waals surface area contributed by atoms with Gasteiger partial charge in [-0.1, -0.05) is 18.2 Å². The topological polar surface area (TPSA) is 75.6 Å². The third-order valence-electron chi connectivity index (χ3n) is 4.91. The monoisotopic (exact) mass is 367 g/mol. The van der Waals surface area contributed by atoms with E-state index in [0.29, 0.717) is 18.6 Å². The van der Waals surface area contributed by atoms with Crippen LogP contribution in [0, 0.1) is 13.8 Å². The second-order valence-corrected chi connectivity index (χ2v) is 7.35. The minimum absolute atomic E-state index is 0.0912. The summed E-state index contributed by atoms with van der Waals surface area (Å²) in [7, 11) is 0. The molecule has 0 radical (unpaired) electrons. The second kappa shape index (κ2) is 7.82. The van der Waals surface area contributed by atoms with Crippen molar-refractivity contribution in [1.82, 2.24) is 0 Å². The fraction of sp³-hybridized carbons (Fsp3) is 0.364. The molecule has 5 nitrogen and oxygen atoms in total. The molecule has 0 bridgehead atoms. The van der Waals surface area contributed by atoms with E-state index in [1.165, 1.54) is 0 Å². The molecule has 0 heterocycles. The number of carboxylic acids is 1. The lowest BCUT2D eigenvalue weighted by atomic mass is 10.0.